The Balaban J connectivity index is 2.91. The van der Waals surface area contributed by atoms with Gasteiger partial charge in [0.25, 0.3) is 0 Å². The molecule has 0 aliphatic heterocycles. The number of nitrogens with zero attached hydrogens (tertiary/aromatic N) is 1. The van der Waals surface area contributed by atoms with E-state index in [9.17, 15) is 13.2 Å². The Labute approximate surface area is 120 Å². The fraction of sp³-hybridized carbons (Fsp3) is 0.417. The Morgan fingerprint density at radius 1 is 1.35 bits per heavy atom. The van der Waals surface area contributed by atoms with E-state index in [0.717, 1.165) is 25.0 Å². The maximum atomic E-state index is 12.7. The molecule has 0 unspecified atom stereocenters. The molecule has 0 heterocycles. The Hall–Kier alpha value is -1.47. The standard InChI is InChI=1S/C12H16ClF3N4/c1-2-3-4-18-11(20-17)19-10-6-8(12(14,15)16)5-9(13)7-10/h5-7H,2-4,17H2,1H3,(H2,18,19,20). The topological polar surface area (TPSA) is 62.4 Å². The minimum absolute atomic E-state index is 0.0211. The van der Waals surface area contributed by atoms with Crippen LogP contribution in [0.1, 0.15) is 25.3 Å². The molecular weight excluding hydrogens is 293 g/mol. The van der Waals surface area contributed by atoms with Crippen molar-refractivity contribution in [2.24, 2.45) is 10.8 Å². The first-order valence-electron chi connectivity index (χ1n) is 6.02. The molecule has 112 valence electrons. The van der Waals surface area contributed by atoms with Gasteiger partial charge in [0, 0.05) is 17.3 Å². The molecule has 8 heteroatoms. The van der Waals surface area contributed by atoms with E-state index in [0.29, 0.717) is 6.54 Å². The third kappa shape index (κ3) is 5.26. The van der Waals surface area contributed by atoms with Crippen LogP contribution in [0.3, 0.4) is 0 Å². The highest BCUT2D eigenvalue weighted by molar-refractivity contribution is 6.31. The average molecular weight is 309 g/mol. The van der Waals surface area contributed by atoms with Gasteiger partial charge >= 0.3 is 6.18 Å². The fourth-order valence-electron chi connectivity index (χ4n) is 1.43. The number of halogens is 4. The second kappa shape index (κ2) is 7.35. The van der Waals surface area contributed by atoms with Crippen molar-refractivity contribution < 1.29 is 13.2 Å². The number of hydrogen-bond donors (Lipinski definition) is 3. The lowest BCUT2D eigenvalue weighted by Crippen LogP contribution is -2.36. The van der Waals surface area contributed by atoms with Crippen LogP contribution >= 0.6 is 11.6 Å². The number of aliphatic imine (C=N–C) groups is 1. The second-order valence-electron chi connectivity index (χ2n) is 4.08. The van der Waals surface area contributed by atoms with Crippen LogP contribution in [0.5, 0.6) is 0 Å². The van der Waals surface area contributed by atoms with Gasteiger partial charge in [0.15, 0.2) is 0 Å². The zero-order valence-corrected chi connectivity index (χ0v) is 11.6. The number of alkyl halides is 3. The first-order valence-corrected chi connectivity index (χ1v) is 6.40. The number of unbranched alkanes of at least 4 members (excludes halogenated alkanes) is 1. The monoisotopic (exact) mass is 308 g/mol. The van der Waals surface area contributed by atoms with Gasteiger partial charge in [-0.3, -0.25) is 10.4 Å². The fourth-order valence-corrected chi connectivity index (χ4v) is 1.67. The van der Waals surface area contributed by atoms with Gasteiger partial charge in [0.2, 0.25) is 5.96 Å². The Bertz CT molecular complexity index is 474. The molecule has 0 bridgehead atoms. The zero-order valence-electron chi connectivity index (χ0n) is 10.9. The lowest BCUT2D eigenvalue weighted by Gasteiger charge is -2.13. The maximum Gasteiger partial charge on any atom is 0.416 e. The van der Waals surface area contributed by atoms with Crippen LogP contribution in [-0.4, -0.2) is 12.5 Å². The molecule has 20 heavy (non-hydrogen) atoms. The van der Waals surface area contributed by atoms with E-state index in [2.05, 4.69) is 15.7 Å². The molecule has 0 aromatic heterocycles. The molecule has 1 aromatic carbocycles. The van der Waals surface area contributed by atoms with Crippen LogP contribution in [-0.2, 0) is 6.18 Å². The summed E-state index contributed by atoms with van der Waals surface area (Å²) >= 11 is 5.68. The molecule has 1 rings (SSSR count). The van der Waals surface area contributed by atoms with Crippen molar-refractivity contribution >= 4 is 23.2 Å². The van der Waals surface area contributed by atoms with Crippen molar-refractivity contribution in [1.29, 1.82) is 0 Å². The summed E-state index contributed by atoms with van der Waals surface area (Å²) in [6.07, 6.45) is -2.65. The first-order chi connectivity index (χ1) is 9.36. The molecule has 0 atom stereocenters. The predicted molar refractivity (Wildman–Crippen MR) is 74.6 cm³/mol. The third-order valence-electron chi connectivity index (χ3n) is 2.41. The number of nitrogens with one attached hydrogen (secondary N) is 2. The van der Waals surface area contributed by atoms with Crippen LogP contribution in [0.2, 0.25) is 5.02 Å². The van der Waals surface area contributed by atoms with Crippen molar-refractivity contribution in [3.8, 4) is 0 Å². The molecule has 0 saturated carbocycles. The van der Waals surface area contributed by atoms with Crippen LogP contribution in [0.15, 0.2) is 23.2 Å². The molecule has 0 saturated heterocycles. The van der Waals surface area contributed by atoms with Crippen molar-refractivity contribution in [3.05, 3.63) is 28.8 Å². The van der Waals surface area contributed by atoms with Gasteiger partial charge in [-0.05, 0) is 24.6 Å². The van der Waals surface area contributed by atoms with E-state index in [-0.39, 0.29) is 16.7 Å². The first kappa shape index (κ1) is 16.6. The molecule has 0 aliphatic rings. The van der Waals surface area contributed by atoms with Gasteiger partial charge in [0.1, 0.15) is 0 Å². The summed E-state index contributed by atoms with van der Waals surface area (Å²) in [4.78, 5) is 4.09. The van der Waals surface area contributed by atoms with Crippen molar-refractivity contribution in [1.82, 2.24) is 5.43 Å². The SMILES string of the molecule is CCCCN=C(NN)Nc1cc(Cl)cc(C(F)(F)F)c1. The van der Waals surface area contributed by atoms with E-state index >= 15 is 0 Å². The summed E-state index contributed by atoms with van der Waals surface area (Å²) in [5.74, 6) is 5.45. The van der Waals surface area contributed by atoms with E-state index in [1.807, 2.05) is 6.92 Å². The predicted octanol–water partition coefficient (Wildman–Crippen LogP) is 3.39. The lowest BCUT2D eigenvalue weighted by molar-refractivity contribution is -0.137. The molecule has 0 spiro atoms. The Kier molecular flexibility index (Phi) is 6.09. The number of benzene rings is 1. The molecule has 1 aromatic rings. The normalized spacial score (nSPS) is 12.4. The quantitative estimate of drug-likeness (QED) is 0.263. The van der Waals surface area contributed by atoms with Gasteiger partial charge in [-0.1, -0.05) is 24.9 Å². The van der Waals surface area contributed by atoms with E-state index in [1.54, 1.807) is 0 Å². The highest BCUT2D eigenvalue weighted by Gasteiger charge is 2.31. The van der Waals surface area contributed by atoms with Crippen LogP contribution in [0.4, 0.5) is 18.9 Å². The summed E-state index contributed by atoms with van der Waals surface area (Å²) in [5, 5.41) is 2.65. The van der Waals surface area contributed by atoms with Gasteiger partial charge in [-0.15, -0.1) is 0 Å². The van der Waals surface area contributed by atoms with Gasteiger partial charge in [0.05, 0.1) is 5.56 Å². The number of rotatable bonds is 4. The molecule has 0 fully saturated rings. The molecule has 0 radical (unpaired) electrons. The van der Waals surface area contributed by atoms with Gasteiger partial charge in [-0.2, -0.15) is 13.2 Å². The lowest BCUT2D eigenvalue weighted by atomic mass is 10.2. The number of anilines is 1. The Morgan fingerprint density at radius 3 is 2.60 bits per heavy atom. The highest BCUT2D eigenvalue weighted by Crippen LogP contribution is 2.33. The number of hydrazine groups is 1. The Morgan fingerprint density at radius 2 is 2.05 bits per heavy atom. The van der Waals surface area contributed by atoms with Crippen molar-refractivity contribution in [2.75, 3.05) is 11.9 Å². The van der Waals surface area contributed by atoms with E-state index < -0.39 is 11.7 Å². The third-order valence-corrected chi connectivity index (χ3v) is 2.62. The molecule has 0 aliphatic carbocycles. The number of nitrogens with two attached hydrogens (primary N) is 1. The second-order valence-corrected chi connectivity index (χ2v) is 4.52. The summed E-state index contributed by atoms with van der Waals surface area (Å²) in [6.45, 7) is 2.53. The molecule has 0 amide bonds. The number of guanidine groups is 1. The summed E-state index contributed by atoms with van der Waals surface area (Å²) < 4.78 is 38.0. The van der Waals surface area contributed by atoms with Gasteiger partial charge < -0.3 is 5.32 Å². The van der Waals surface area contributed by atoms with Crippen LogP contribution < -0.4 is 16.6 Å². The molecule has 4 N–H and O–H groups in total. The number of hydrogen-bond acceptors (Lipinski definition) is 2. The van der Waals surface area contributed by atoms with E-state index in [1.165, 1.54) is 6.07 Å². The maximum absolute atomic E-state index is 12.7. The van der Waals surface area contributed by atoms with Crippen LogP contribution in [0.25, 0.3) is 0 Å². The summed E-state index contributed by atoms with van der Waals surface area (Å²) in [6, 6.07) is 3.17. The van der Waals surface area contributed by atoms with Crippen molar-refractivity contribution in [2.45, 2.75) is 25.9 Å². The molecular formula is C12H16ClF3N4. The minimum atomic E-state index is -4.46. The summed E-state index contributed by atoms with van der Waals surface area (Å²) in [7, 11) is 0. The minimum Gasteiger partial charge on any atom is -0.325 e. The smallest absolute Gasteiger partial charge is 0.325 e. The van der Waals surface area contributed by atoms with E-state index in [4.69, 9.17) is 17.4 Å². The largest absolute Gasteiger partial charge is 0.416 e. The highest BCUT2D eigenvalue weighted by atomic mass is 35.5. The zero-order chi connectivity index (χ0) is 15.2. The van der Waals surface area contributed by atoms with Gasteiger partial charge in [-0.25, -0.2) is 5.84 Å². The molecule has 4 nitrogen and oxygen atoms in total. The van der Waals surface area contributed by atoms with Crippen molar-refractivity contribution in [3.63, 3.8) is 0 Å². The van der Waals surface area contributed by atoms with Crippen LogP contribution in [0, 0.1) is 0 Å². The average Bonchev–Trinajstić information content (AvgIpc) is 2.36. The summed E-state index contributed by atoms with van der Waals surface area (Å²) in [5.41, 5.74) is 1.63.